The van der Waals surface area contributed by atoms with Gasteiger partial charge in [-0.05, 0) is 19.8 Å². The lowest BCUT2D eigenvalue weighted by molar-refractivity contribution is -0.143. The molecule has 0 spiro atoms. The van der Waals surface area contributed by atoms with Gasteiger partial charge in [0.1, 0.15) is 18.1 Å². The molecule has 2 unspecified atom stereocenters. The molecule has 8 heteroatoms. The lowest BCUT2D eigenvalue weighted by Crippen LogP contribution is -2.50. The standard InChI is InChI=1S/C13H21N3O5/c1-5-7(2)9(10(18)19)14-8(17)6-16-11(20)13(3,4)15-12(16)21/h7,9H,5-6H2,1-4H3,(H,14,17)(H,15,21)(H,18,19). The highest BCUT2D eigenvalue weighted by molar-refractivity contribution is 6.08. The molecule has 1 heterocycles. The van der Waals surface area contributed by atoms with E-state index in [1.54, 1.807) is 6.92 Å². The summed E-state index contributed by atoms with van der Waals surface area (Å²) in [6.07, 6.45) is 0.577. The second-order valence-electron chi connectivity index (χ2n) is 5.72. The first kappa shape index (κ1) is 16.9. The van der Waals surface area contributed by atoms with Crippen molar-refractivity contribution in [2.75, 3.05) is 6.54 Å². The van der Waals surface area contributed by atoms with Crippen LogP contribution in [0.4, 0.5) is 4.79 Å². The molecule has 0 saturated carbocycles. The number of rotatable bonds is 6. The summed E-state index contributed by atoms with van der Waals surface area (Å²) in [7, 11) is 0. The van der Waals surface area contributed by atoms with Gasteiger partial charge in [0.05, 0.1) is 0 Å². The highest BCUT2D eigenvalue weighted by Crippen LogP contribution is 2.16. The summed E-state index contributed by atoms with van der Waals surface area (Å²) in [6.45, 7) is 6.09. The number of imide groups is 1. The van der Waals surface area contributed by atoms with Crippen molar-refractivity contribution >= 4 is 23.8 Å². The van der Waals surface area contributed by atoms with Crippen molar-refractivity contribution in [2.24, 2.45) is 5.92 Å². The van der Waals surface area contributed by atoms with E-state index in [0.29, 0.717) is 6.42 Å². The Bertz CT molecular complexity index is 474. The molecule has 0 bridgehead atoms. The molecule has 1 aliphatic rings. The predicted octanol–water partition coefficient (Wildman–Crippen LogP) is -0.0677. The van der Waals surface area contributed by atoms with Crippen molar-refractivity contribution in [1.82, 2.24) is 15.5 Å². The molecule has 1 fully saturated rings. The van der Waals surface area contributed by atoms with Crippen LogP contribution in [0.3, 0.4) is 0 Å². The Hall–Kier alpha value is -2.12. The maximum Gasteiger partial charge on any atom is 0.326 e. The fourth-order valence-electron chi connectivity index (χ4n) is 2.01. The third-order valence-electron chi connectivity index (χ3n) is 3.54. The van der Waals surface area contributed by atoms with Gasteiger partial charge in [-0.25, -0.2) is 9.59 Å². The summed E-state index contributed by atoms with van der Waals surface area (Å²) < 4.78 is 0. The summed E-state index contributed by atoms with van der Waals surface area (Å²) in [4.78, 5) is 47.4. The highest BCUT2D eigenvalue weighted by Gasteiger charge is 2.45. The third kappa shape index (κ3) is 3.71. The molecule has 1 saturated heterocycles. The SMILES string of the molecule is CCC(C)C(NC(=O)CN1C(=O)NC(C)(C)C1=O)C(=O)O. The van der Waals surface area contributed by atoms with Gasteiger partial charge in [0.15, 0.2) is 0 Å². The fraction of sp³-hybridized carbons (Fsp3) is 0.692. The van der Waals surface area contributed by atoms with Gasteiger partial charge >= 0.3 is 12.0 Å². The molecule has 118 valence electrons. The van der Waals surface area contributed by atoms with E-state index in [4.69, 9.17) is 5.11 Å². The zero-order chi connectivity index (χ0) is 16.4. The number of carboxylic acids is 1. The van der Waals surface area contributed by atoms with Gasteiger partial charge in [-0.15, -0.1) is 0 Å². The van der Waals surface area contributed by atoms with Crippen LogP contribution in [-0.4, -0.2) is 51.9 Å². The molecule has 3 N–H and O–H groups in total. The fourth-order valence-corrected chi connectivity index (χ4v) is 2.01. The minimum Gasteiger partial charge on any atom is -0.480 e. The Labute approximate surface area is 122 Å². The summed E-state index contributed by atoms with van der Waals surface area (Å²) in [5.74, 6) is -2.59. The molecule has 0 radical (unpaired) electrons. The molecule has 1 rings (SSSR count). The van der Waals surface area contributed by atoms with Gasteiger partial charge in [0, 0.05) is 0 Å². The lowest BCUT2D eigenvalue weighted by Gasteiger charge is -2.21. The van der Waals surface area contributed by atoms with Crippen LogP contribution in [0, 0.1) is 5.92 Å². The minimum absolute atomic E-state index is 0.258. The summed E-state index contributed by atoms with van der Waals surface area (Å²) in [5.41, 5.74) is -1.06. The van der Waals surface area contributed by atoms with E-state index in [1.807, 2.05) is 6.92 Å². The normalized spacial score (nSPS) is 19.9. The zero-order valence-electron chi connectivity index (χ0n) is 12.6. The van der Waals surface area contributed by atoms with E-state index < -0.39 is 41.9 Å². The van der Waals surface area contributed by atoms with Crippen LogP contribution in [0.15, 0.2) is 0 Å². The van der Waals surface area contributed by atoms with E-state index in [2.05, 4.69) is 10.6 Å². The van der Waals surface area contributed by atoms with E-state index in [9.17, 15) is 19.2 Å². The molecular weight excluding hydrogens is 278 g/mol. The van der Waals surface area contributed by atoms with Gasteiger partial charge in [-0.3, -0.25) is 14.5 Å². The number of amides is 4. The number of carboxylic acid groups (broad SMARTS) is 1. The number of urea groups is 1. The predicted molar refractivity (Wildman–Crippen MR) is 73.3 cm³/mol. The van der Waals surface area contributed by atoms with E-state index in [0.717, 1.165) is 4.90 Å². The molecule has 8 nitrogen and oxygen atoms in total. The van der Waals surface area contributed by atoms with Crippen molar-refractivity contribution in [3.8, 4) is 0 Å². The van der Waals surface area contributed by atoms with Crippen LogP contribution in [0.2, 0.25) is 0 Å². The van der Waals surface area contributed by atoms with Crippen LogP contribution in [0.1, 0.15) is 34.1 Å². The summed E-state index contributed by atoms with van der Waals surface area (Å²) in [6, 6.07) is -1.70. The number of nitrogens with zero attached hydrogens (tertiary/aromatic N) is 1. The number of carbonyl (C=O) groups excluding carboxylic acids is 3. The molecule has 1 aliphatic heterocycles. The zero-order valence-corrected chi connectivity index (χ0v) is 12.6. The minimum atomic E-state index is -1.14. The molecule has 0 aromatic carbocycles. The molecule has 21 heavy (non-hydrogen) atoms. The van der Waals surface area contributed by atoms with Crippen molar-refractivity contribution < 1.29 is 24.3 Å². The first-order valence-corrected chi connectivity index (χ1v) is 6.76. The Morgan fingerprint density at radius 1 is 1.38 bits per heavy atom. The van der Waals surface area contributed by atoms with Gasteiger partial charge in [-0.1, -0.05) is 20.3 Å². The smallest absolute Gasteiger partial charge is 0.326 e. The van der Waals surface area contributed by atoms with Crippen molar-refractivity contribution in [1.29, 1.82) is 0 Å². The first-order chi connectivity index (χ1) is 9.60. The second kappa shape index (κ2) is 6.11. The maximum absolute atomic E-state index is 11.9. The van der Waals surface area contributed by atoms with Crippen molar-refractivity contribution in [3.05, 3.63) is 0 Å². The number of hydrogen-bond acceptors (Lipinski definition) is 4. The van der Waals surface area contributed by atoms with Crippen molar-refractivity contribution in [2.45, 2.75) is 45.7 Å². The molecule has 0 aromatic heterocycles. The van der Waals surface area contributed by atoms with Crippen LogP contribution in [0.25, 0.3) is 0 Å². The molecule has 0 aromatic rings. The number of carbonyl (C=O) groups is 4. The molecule has 0 aliphatic carbocycles. The average molecular weight is 299 g/mol. The summed E-state index contributed by atoms with van der Waals surface area (Å²) >= 11 is 0. The van der Waals surface area contributed by atoms with Crippen LogP contribution in [-0.2, 0) is 14.4 Å². The number of nitrogens with one attached hydrogen (secondary N) is 2. The van der Waals surface area contributed by atoms with Crippen molar-refractivity contribution in [3.63, 3.8) is 0 Å². The Morgan fingerprint density at radius 3 is 2.33 bits per heavy atom. The Kier molecular flexibility index (Phi) is 4.93. The van der Waals surface area contributed by atoms with Gasteiger partial charge in [-0.2, -0.15) is 0 Å². The van der Waals surface area contributed by atoms with Crippen LogP contribution >= 0.6 is 0 Å². The second-order valence-corrected chi connectivity index (χ2v) is 5.72. The van der Waals surface area contributed by atoms with E-state index >= 15 is 0 Å². The Morgan fingerprint density at radius 2 is 1.95 bits per heavy atom. The van der Waals surface area contributed by atoms with Gasteiger partial charge in [0.2, 0.25) is 5.91 Å². The lowest BCUT2D eigenvalue weighted by atomic mass is 9.99. The number of aliphatic carboxylic acids is 1. The maximum atomic E-state index is 11.9. The first-order valence-electron chi connectivity index (χ1n) is 6.76. The highest BCUT2D eigenvalue weighted by atomic mass is 16.4. The van der Waals surface area contributed by atoms with Gasteiger partial charge < -0.3 is 15.7 Å². The molecular formula is C13H21N3O5. The molecule has 2 atom stereocenters. The summed E-state index contributed by atoms with van der Waals surface area (Å²) in [5, 5.41) is 13.9. The monoisotopic (exact) mass is 299 g/mol. The van der Waals surface area contributed by atoms with E-state index in [1.165, 1.54) is 13.8 Å². The molecule has 4 amide bonds. The Balaban J connectivity index is 2.71. The van der Waals surface area contributed by atoms with E-state index in [-0.39, 0.29) is 5.92 Å². The third-order valence-corrected chi connectivity index (χ3v) is 3.54. The quantitative estimate of drug-likeness (QED) is 0.594. The van der Waals surface area contributed by atoms with Crippen LogP contribution in [0.5, 0.6) is 0 Å². The number of hydrogen-bond donors (Lipinski definition) is 3. The average Bonchev–Trinajstić information content (AvgIpc) is 2.57. The van der Waals surface area contributed by atoms with Crippen LogP contribution < -0.4 is 10.6 Å². The topological polar surface area (TPSA) is 116 Å². The van der Waals surface area contributed by atoms with Gasteiger partial charge in [0.25, 0.3) is 5.91 Å². The largest absolute Gasteiger partial charge is 0.480 e.